The Morgan fingerprint density at radius 2 is 1.70 bits per heavy atom. The smallest absolute Gasteiger partial charge is 0.407 e. The van der Waals surface area contributed by atoms with Crippen molar-refractivity contribution in [3.8, 4) is 11.1 Å². The van der Waals surface area contributed by atoms with E-state index in [1.165, 1.54) is 0 Å². The van der Waals surface area contributed by atoms with Crippen molar-refractivity contribution in [2.75, 3.05) is 6.61 Å². The van der Waals surface area contributed by atoms with Gasteiger partial charge >= 0.3 is 12.1 Å². The summed E-state index contributed by atoms with van der Waals surface area (Å²) in [6, 6.07) is 14.1. The normalized spacial score (nSPS) is 14.0. The maximum atomic E-state index is 12.6. The van der Waals surface area contributed by atoms with E-state index in [9.17, 15) is 19.5 Å². The highest BCUT2D eigenvalue weighted by molar-refractivity contribution is 7.03. The van der Waals surface area contributed by atoms with Gasteiger partial charge in [-0.25, -0.2) is 4.79 Å². The first-order valence-corrected chi connectivity index (χ1v) is 11.2. The molecular weight excluding hydrogens is 444 g/mol. The molecule has 33 heavy (non-hydrogen) atoms. The fraction of sp³-hybridized carbons (Fsp3) is 0.261. The van der Waals surface area contributed by atoms with Gasteiger partial charge in [0.15, 0.2) is 0 Å². The van der Waals surface area contributed by atoms with Gasteiger partial charge in [0, 0.05) is 11.3 Å². The first kappa shape index (κ1) is 22.4. The van der Waals surface area contributed by atoms with Crippen LogP contribution in [-0.2, 0) is 14.3 Å². The standard InChI is InChI=1S/C23H22N4O5S/c1-13(20-12-33-27-26-20)24-22(30)19(10-21(28)29)25-23(31)32-11-18-16-8-4-2-6-14(16)15-7-3-5-9-17(15)18/h2-9,12-13,18-19H,10-11H2,1H3,(H,24,30)(H,25,31)(H,28,29). The Labute approximate surface area is 194 Å². The van der Waals surface area contributed by atoms with Gasteiger partial charge in [-0.15, -0.1) is 5.10 Å². The van der Waals surface area contributed by atoms with Crippen molar-refractivity contribution < 1.29 is 24.2 Å². The summed E-state index contributed by atoms with van der Waals surface area (Å²) >= 11 is 1.14. The van der Waals surface area contributed by atoms with E-state index >= 15 is 0 Å². The maximum absolute atomic E-state index is 12.6. The number of hydrogen-bond acceptors (Lipinski definition) is 7. The van der Waals surface area contributed by atoms with Crippen LogP contribution in [0.4, 0.5) is 4.79 Å². The summed E-state index contributed by atoms with van der Waals surface area (Å²) in [7, 11) is 0. The quantitative estimate of drug-likeness (QED) is 0.465. The number of aliphatic carboxylic acids is 1. The maximum Gasteiger partial charge on any atom is 0.407 e. The second kappa shape index (κ2) is 9.78. The Morgan fingerprint density at radius 3 is 2.27 bits per heavy atom. The number of hydrogen-bond donors (Lipinski definition) is 3. The monoisotopic (exact) mass is 466 g/mol. The highest BCUT2D eigenvalue weighted by atomic mass is 32.1. The van der Waals surface area contributed by atoms with Gasteiger partial charge in [0.05, 0.1) is 18.2 Å². The van der Waals surface area contributed by atoms with Crippen LogP contribution in [0.15, 0.2) is 53.9 Å². The van der Waals surface area contributed by atoms with Crippen LogP contribution in [0, 0.1) is 0 Å². The summed E-state index contributed by atoms with van der Waals surface area (Å²) in [5, 5.41) is 19.8. The van der Waals surface area contributed by atoms with Gasteiger partial charge < -0.3 is 20.5 Å². The molecule has 4 rings (SSSR count). The number of carboxylic acid groups (broad SMARTS) is 1. The minimum absolute atomic E-state index is 0.0577. The van der Waals surface area contributed by atoms with E-state index in [0.29, 0.717) is 5.69 Å². The molecule has 1 heterocycles. The van der Waals surface area contributed by atoms with Crippen LogP contribution in [0.5, 0.6) is 0 Å². The second-order valence-corrected chi connectivity index (χ2v) is 8.29. The lowest BCUT2D eigenvalue weighted by atomic mass is 9.98. The Bertz CT molecular complexity index is 1120. The van der Waals surface area contributed by atoms with E-state index in [2.05, 4.69) is 20.2 Å². The summed E-state index contributed by atoms with van der Waals surface area (Å²) in [5.41, 5.74) is 4.84. The van der Waals surface area contributed by atoms with Gasteiger partial charge in [-0.3, -0.25) is 9.59 Å². The van der Waals surface area contributed by atoms with Crippen LogP contribution >= 0.6 is 11.5 Å². The molecule has 0 saturated carbocycles. The zero-order valence-corrected chi connectivity index (χ0v) is 18.5. The SMILES string of the molecule is CC(NC(=O)C(CC(=O)O)NC(=O)OCC1c2ccccc2-c2ccccc21)c1csnn1. The van der Waals surface area contributed by atoms with Crippen molar-refractivity contribution in [2.24, 2.45) is 0 Å². The molecule has 3 aromatic rings. The molecule has 170 valence electrons. The molecule has 0 saturated heterocycles. The number of carbonyl (C=O) groups excluding carboxylic acids is 2. The Morgan fingerprint density at radius 1 is 1.06 bits per heavy atom. The van der Waals surface area contributed by atoms with Crippen molar-refractivity contribution in [3.05, 3.63) is 70.7 Å². The molecule has 0 bridgehead atoms. The van der Waals surface area contributed by atoms with Crippen LogP contribution in [0.3, 0.4) is 0 Å². The zero-order valence-electron chi connectivity index (χ0n) is 17.7. The molecule has 0 fully saturated rings. The molecule has 0 spiro atoms. The first-order chi connectivity index (χ1) is 15.9. The topological polar surface area (TPSA) is 131 Å². The molecule has 10 heteroatoms. The van der Waals surface area contributed by atoms with Gasteiger partial charge in [0.2, 0.25) is 5.91 Å². The van der Waals surface area contributed by atoms with E-state index in [4.69, 9.17) is 4.74 Å². The summed E-state index contributed by atoms with van der Waals surface area (Å²) < 4.78 is 9.18. The van der Waals surface area contributed by atoms with E-state index in [1.807, 2.05) is 48.5 Å². The number of carbonyl (C=O) groups is 3. The third kappa shape index (κ3) is 5.01. The lowest BCUT2D eigenvalue weighted by Crippen LogP contribution is -2.48. The summed E-state index contributed by atoms with van der Waals surface area (Å²) in [5.74, 6) is -2.02. The van der Waals surface area contributed by atoms with Gasteiger partial charge in [0.25, 0.3) is 0 Å². The average Bonchev–Trinajstić information content (AvgIpc) is 3.44. The molecule has 2 aromatic carbocycles. The van der Waals surface area contributed by atoms with E-state index in [1.54, 1.807) is 12.3 Å². The molecule has 2 atom stereocenters. The number of aromatic nitrogens is 2. The lowest BCUT2D eigenvalue weighted by Gasteiger charge is -2.20. The predicted octanol–water partition coefficient (Wildman–Crippen LogP) is 3.10. The number of rotatable bonds is 8. The molecule has 0 aliphatic heterocycles. The van der Waals surface area contributed by atoms with E-state index < -0.39 is 36.5 Å². The van der Waals surface area contributed by atoms with Crippen molar-refractivity contribution in [2.45, 2.75) is 31.3 Å². The minimum Gasteiger partial charge on any atom is -0.481 e. The van der Waals surface area contributed by atoms with Crippen LogP contribution in [0.1, 0.15) is 42.1 Å². The van der Waals surface area contributed by atoms with Crippen molar-refractivity contribution in [1.29, 1.82) is 0 Å². The number of amides is 2. The molecule has 1 aromatic heterocycles. The van der Waals surface area contributed by atoms with Gasteiger partial charge in [-0.1, -0.05) is 53.0 Å². The summed E-state index contributed by atoms with van der Waals surface area (Å²) in [6.45, 7) is 1.75. The molecular formula is C23H22N4O5S. The van der Waals surface area contributed by atoms with Crippen molar-refractivity contribution in [1.82, 2.24) is 20.2 Å². The molecule has 3 N–H and O–H groups in total. The Kier molecular flexibility index (Phi) is 6.64. The molecule has 1 aliphatic rings. The van der Waals surface area contributed by atoms with Gasteiger partial charge in [0.1, 0.15) is 12.6 Å². The lowest BCUT2D eigenvalue weighted by molar-refractivity contribution is -0.140. The van der Waals surface area contributed by atoms with Crippen LogP contribution in [0.2, 0.25) is 0 Å². The summed E-state index contributed by atoms with van der Waals surface area (Å²) in [4.78, 5) is 36.4. The fourth-order valence-electron chi connectivity index (χ4n) is 3.91. The highest BCUT2D eigenvalue weighted by Gasteiger charge is 2.30. The minimum atomic E-state index is -1.30. The fourth-order valence-corrected chi connectivity index (χ4v) is 4.46. The van der Waals surface area contributed by atoms with Crippen molar-refractivity contribution in [3.63, 3.8) is 0 Å². The Hall–Kier alpha value is -3.79. The van der Waals surface area contributed by atoms with Crippen molar-refractivity contribution >= 4 is 29.5 Å². The molecule has 2 amide bonds. The number of nitrogens with zero attached hydrogens (tertiary/aromatic N) is 2. The highest BCUT2D eigenvalue weighted by Crippen LogP contribution is 2.44. The molecule has 2 unspecified atom stereocenters. The number of alkyl carbamates (subject to hydrolysis) is 1. The molecule has 9 nitrogen and oxygen atoms in total. The van der Waals surface area contributed by atoms with E-state index in [0.717, 1.165) is 33.8 Å². The predicted molar refractivity (Wildman–Crippen MR) is 121 cm³/mol. The zero-order chi connectivity index (χ0) is 23.4. The third-order valence-electron chi connectivity index (χ3n) is 5.51. The van der Waals surface area contributed by atoms with Crippen LogP contribution in [0.25, 0.3) is 11.1 Å². The van der Waals surface area contributed by atoms with Crippen LogP contribution in [-0.4, -0.2) is 45.3 Å². The average molecular weight is 467 g/mol. The second-order valence-electron chi connectivity index (χ2n) is 7.68. The summed E-state index contributed by atoms with van der Waals surface area (Å²) in [6.07, 6.45) is -1.45. The van der Waals surface area contributed by atoms with Gasteiger partial charge in [-0.05, 0) is 40.7 Å². The molecule has 1 aliphatic carbocycles. The largest absolute Gasteiger partial charge is 0.481 e. The number of fused-ring (bicyclic) bond motifs is 3. The third-order valence-corrected chi connectivity index (χ3v) is 6.03. The Balaban J connectivity index is 1.41. The van der Waals surface area contributed by atoms with E-state index in [-0.39, 0.29) is 12.5 Å². The van der Waals surface area contributed by atoms with Crippen LogP contribution < -0.4 is 10.6 Å². The number of benzene rings is 2. The first-order valence-electron chi connectivity index (χ1n) is 10.3. The number of ether oxygens (including phenoxy) is 1. The number of nitrogens with one attached hydrogen (secondary N) is 2. The molecule has 0 radical (unpaired) electrons. The van der Waals surface area contributed by atoms with Gasteiger partial charge in [-0.2, -0.15) is 0 Å². The number of carboxylic acids is 1.